The standard InChI is InChI=1S/C19H18N2O2/c1-14(23-13-15-7-3-2-4-8-15)19(22)21-18-12-11-16-9-5-6-10-17(16)20-18/h2-12,14H,13H2,1H3,(H,20,21,22)/t14-/m1/s1. The third-order valence-corrected chi connectivity index (χ3v) is 3.56. The summed E-state index contributed by atoms with van der Waals surface area (Å²) in [7, 11) is 0. The van der Waals surface area contributed by atoms with Crippen LogP contribution in [0.15, 0.2) is 66.7 Å². The van der Waals surface area contributed by atoms with Crippen molar-refractivity contribution in [2.24, 2.45) is 0 Å². The first kappa shape index (κ1) is 15.2. The Hall–Kier alpha value is -2.72. The van der Waals surface area contributed by atoms with Crippen LogP contribution in [0, 0.1) is 0 Å². The molecule has 1 amide bonds. The van der Waals surface area contributed by atoms with Crippen LogP contribution in [-0.2, 0) is 16.1 Å². The van der Waals surface area contributed by atoms with Crippen LogP contribution in [0.5, 0.6) is 0 Å². The summed E-state index contributed by atoms with van der Waals surface area (Å²) < 4.78 is 5.61. The van der Waals surface area contributed by atoms with E-state index in [0.717, 1.165) is 16.5 Å². The minimum atomic E-state index is -0.552. The highest BCUT2D eigenvalue weighted by atomic mass is 16.5. The zero-order chi connectivity index (χ0) is 16.1. The summed E-state index contributed by atoms with van der Waals surface area (Å²) in [5.41, 5.74) is 1.89. The molecule has 2 aromatic carbocycles. The van der Waals surface area contributed by atoms with Crippen molar-refractivity contribution in [2.75, 3.05) is 5.32 Å². The molecule has 3 aromatic rings. The molecule has 0 saturated carbocycles. The molecule has 0 aliphatic heterocycles. The van der Waals surface area contributed by atoms with Gasteiger partial charge in [0.05, 0.1) is 12.1 Å². The summed E-state index contributed by atoms with van der Waals surface area (Å²) in [4.78, 5) is 16.6. The number of carbonyl (C=O) groups excluding carboxylic acids is 1. The number of pyridine rings is 1. The van der Waals surface area contributed by atoms with Gasteiger partial charge >= 0.3 is 0 Å². The number of hydrogen-bond donors (Lipinski definition) is 1. The smallest absolute Gasteiger partial charge is 0.254 e. The fourth-order valence-electron chi connectivity index (χ4n) is 2.23. The maximum absolute atomic E-state index is 12.2. The fourth-order valence-corrected chi connectivity index (χ4v) is 2.23. The monoisotopic (exact) mass is 306 g/mol. The van der Waals surface area contributed by atoms with Crippen molar-refractivity contribution in [1.82, 2.24) is 4.98 Å². The second-order valence-electron chi connectivity index (χ2n) is 5.32. The van der Waals surface area contributed by atoms with Crippen LogP contribution >= 0.6 is 0 Å². The lowest BCUT2D eigenvalue weighted by molar-refractivity contribution is -0.127. The highest BCUT2D eigenvalue weighted by Gasteiger charge is 2.14. The van der Waals surface area contributed by atoms with E-state index < -0.39 is 6.10 Å². The Morgan fingerprint density at radius 2 is 1.78 bits per heavy atom. The molecule has 3 rings (SSSR count). The molecule has 0 aliphatic rings. The number of amides is 1. The minimum Gasteiger partial charge on any atom is -0.364 e. The lowest BCUT2D eigenvalue weighted by Crippen LogP contribution is -2.28. The van der Waals surface area contributed by atoms with Crippen LogP contribution in [0.3, 0.4) is 0 Å². The topological polar surface area (TPSA) is 51.2 Å². The second kappa shape index (κ2) is 7.03. The third-order valence-electron chi connectivity index (χ3n) is 3.56. The molecule has 116 valence electrons. The number of para-hydroxylation sites is 1. The van der Waals surface area contributed by atoms with E-state index in [2.05, 4.69) is 10.3 Å². The Morgan fingerprint density at radius 3 is 2.61 bits per heavy atom. The van der Waals surface area contributed by atoms with Gasteiger partial charge in [-0.15, -0.1) is 0 Å². The van der Waals surface area contributed by atoms with Crippen molar-refractivity contribution >= 4 is 22.6 Å². The number of hydrogen-bond acceptors (Lipinski definition) is 3. The SMILES string of the molecule is C[C@@H](OCc1ccccc1)C(=O)Nc1ccc2ccccc2n1. The Bertz CT molecular complexity index is 803. The molecule has 0 unspecified atom stereocenters. The zero-order valence-corrected chi connectivity index (χ0v) is 12.9. The van der Waals surface area contributed by atoms with Crippen LogP contribution in [-0.4, -0.2) is 17.0 Å². The van der Waals surface area contributed by atoms with Crippen molar-refractivity contribution in [3.05, 3.63) is 72.3 Å². The van der Waals surface area contributed by atoms with E-state index in [-0.39, 0.29) is 5.91 Å². The van der Waals surface area contributed by atoms with Crippen molar-refractivity contribution in [3.8, 4) is 0 Å². The highest BCUT2D eigenvalue weighted by Crippen LogP contribution is 2.15. The Labute approximate surface area is 135 Å². The van der Waals surface area contributed by atoms with Gasteiger partial charge in [-0.25, -0.2) is 4.98 Å². The zero-order valence-electron chi connectivity index (χ0n) is 12.9. The van der Waals surface area contributed by atoms with Gasteiger partial charge in [0.15, 0.2) is 0 Å². The molecule has 0 saturated heterocycles. The number of carbonyl (C=O) groups is 1. The van der Waals surface area contributed by atoms with E-state index >= 15 is 0 Å². The molecule has 0 aliphatic carbocycles. The molecular formula is C19H18N2O2. The van der Waals surface area contributed by atoms with Crippen LogP contribution in [0.25, 0.3) is 10.9 Å². The van der Waals surface area contributed by atoms with Crippen LogP contribution in [0.1, 0.15) is 12.5 Å². The minimum absolute atomic E-state index is 0.205. The summed E-state index contributed by atoms with van der Waals surface area (Å²) in [6.07, 6.45) is -0.552. The number of nitrogens with zero attached hydrogens (tertiary/aromatic N) is 1. The average Bonchev–Trinajstić information content (AvgIpc) is 2.60. The Morgan fingerprint density at radius 1 is 1.04 bits per heavy atom. The molecule has 4 heteroatoms. The number of nitrogens with one attached hydrogen (secondary N) is 1. The molecule has 0 fully saturated rings. The molecule has 1 aromatic heterocycles. The van der Waals surface area contributed by atoms with Crippen LogP contribution in [0.2, 0.25) is 0 Å². The molecule has 1 atom stereocenters. The second-order valence-corrected chi connectivity index (χ2v) is 5.32. The van der Waals surface area contributed by atoms with Crippen molar-refractivity contribution in [3.63, 3.8) is 0 Å². The molecule has 0 spiro atoms. The van der Waals surface area contributed by atoms with E-state index in [1.807, 2.05) is 60.7 Å². The summed E-state index contributed by atoms with van der Waals surface area (Å²) in [5.74, 6) is 0.326. The van der Waals surface area contributed by atoms with Gasteiger partial charge in [-0.1, -0.05) is 48.5 Å². The van der Waals surface area contributed by atoms with Gasteiger partial charge in [-0.2, -0.15) is 0 Å². The number of anilines is 1. The van der Waals surface area contributed by atoms with Gasteiger partial charge in [0.1, 0.15) is 11.9 Å². The van der Waals surface area contributed by atoms with E-state index in [1.54, 1.807) is 13.0 Å². The van der Waals surface area contributed by atoms with Gasteiger partial charge < -0.3 is 10.1 Å². The van der Waals surface area contributed by atoms with Gasteiger partial charge in [0, 0.05) is 5.39 Å². The number of rotatable bonds is 5. The van der Waals surface area contributed by atoms with E-state index in [4.69, 9.17) is 4.74 Å². The molecule has 1 N–H and O–H groups in total. The number of aromatic nitrogens is 1. The normalized spacial score (nSPS) is 12.0. The van der Waals surface area contributed by atoms with E-state index in [9.17, 15) is 4.79 Å². The molecule has 4 nitrogen and oxygen atoms in total. The molecule has 23 heavy (non-hydrogen) atoms. The summed E-state index contributed by atoms with van der Waals surface area (Å²) in [6.45, 7) is 2.14. The predicted molar refractivity (Wildman–Crippen MR) is 91.1 cm³/mol. The van der Waals surface area contributed by atoms with E-state index in [0.29, 0.717) is 12.4 Å². The molecular weight excluding hydrogens is 288 g/mol. The fraction of sp³-hybridized carbons (Fsp3) is 0.158. The largest absolute Gasteiger partial charge is 0.364 e. The lowest BCUT2D eigenvalue weighted by Gasteiger charge is -2.13. The lowest BCUT2D eigenvalue weighted by atomic mass is 10.2. The first-order valence-corrected chi connectivity index (χ1v) is 7.54. The highest BCUT2D eigenvalue weighted by molar-refractivity contribution is 5.94. The quantitative estimate of drug-likeness (QED) is 0.780. The van der Waals surface area contributed by atoms with Gasteiger partial charge in [0.2, 0.25) is 0 Å². The summed E-state index contributed by atoms with van der Waals surface area (Å²) in [5, 5.41) is 3.84. The van der Waals surface area contributed by atoms with Crippen LogP contribution < -0.4 is 5.32 Å². The number of benzene rings is 2. The maximum atomic E-state index is 12.2. The van der Waals surface area contributed by atoms with Crippen LogP contribution in [0.4, 0.5) is 5.82 Å². The molecule has 0 radical (unpaired) electrons. The molecule has 0 bridgehead atoms. The first-order chi connectivity index (χ1) is 11.2. The number of ether oxygens (including phenoxy) is 1. The summed E-state index contributed by atoms with van der Waals surface area (Å²) in [6, 6.07) is 21.3. The summed E-state index contributed by atoms with van der Waals surface area (Å²) >= 11 is 0. The van der Waals surface area contributed by atoms with Gasteiger partial charge in [0.25, 0.3) is 5.91 Å². The first-order valence-electron chi connectivity index (χ1n) is 7.54. The Balaban J connectivity index is 1.60. The van der Waals surface area contributed by atoms with Crippen molar-refractivity contribution < 1.29 is 9.53 Å². The number of fused-ring (bicyclic) bond motifs is 1. The molecule has 1 heterocycles. The Kier molecular flexibility index (Phi) is 4.64. The third kappa shape index (κ3) is 3.93. The van der Waals surface area contributed by atoms with E-state index in [1.165, 1.54) is 0 Å². The maximum Gasteiger partial charge on any atom is 0.254 e. The average molecular weight is 306 g/mol. The predicted octanol–water partition coefficient (Wildman–Crippen LogP) is 3.78. The van der Waals surface area contributed by atoms with Crippen molar-refractivity contribution in [2.45, 2.75) is 19.6 Å². The van der Waals surface area contributed by atoms with Gasteiger partial charge in [-0.05, 0) is 30.7 Å². The van der Waals surface area contributed by atoms with Crippen molar-refractivity contribution in [1.29, 1.82) is 0 Å². The van der Waals surface area contributed by atoms with Gasteiger partial charge in [-0.3, -0.25) is 4.79 Å².